The number of ether oxygens (including phenoxy) is 2. The summed E-state index contributed by atoms with van der Waals surface area (Å²) in [6.45, 7) is 6.03. The van der Waals surface area contributed by atoms with Crippen molar-refractivity contribution < 1.29 is 19.4 Å². The molecular formula is C18H24N2O4. The summed E-state index contributed by atoms with van der Waals surface area (Å²) in [5.74, 6) is 0.339. The molecule has 1 heterocycles. The van der Waals surface area contributed by atoms with Crippen molar-refractivity contribution in [1.82, 2.24) is 9.78 Å². The summed E-state index contributed by atoms with van der Waals surface area (Å²) in [6.07, 6.45) is 2.03. The lowest BCUT2D eigenvalue weighted by atomic mass is 9.83. The molecule has 1 aromatic heterocycles. The minimum absolute atomic E-state index is 0.0169. The molecule has 0 radical (unpaired) electrons. The molecule has 2 rings (SSSR count). The molecule has 0 saturated carbocycles. The van der Waals surface area contributed by atoms with Crippen molar-refractivity contribution in [3.05, 3.63) is 41.7 Å². The Morgan fingerprint density at radius 3 is 2.50 bits per heavy atom. The monoisotopic (exact) mass is 332 g/mol. The number of rotatable bonds is 7. The van der Waals surface area contributed by atoms with Gasteiger partial charge in [-0.05, 0) is 37.6 Å². The van der Waals surface area contributed by atoms with Crippen LogP contribution >= 0.6 is 0 Å². The van der Waals surface area contributed by atoms with E-state index in [4.69, 9.17) is 9.47 Å². The Labute approximate surface area is 142 Å². The smallest absolute Gasteiger partial charge is 0.341 e. The van der Waals surface area contributed by atoms with Gasteiger partial charge in [0, 0.05) is 12.0 Å². The number of carbonyl (C=O) groups is 1. The average molecular weight is 332 g/mol. The number of methoxy groups -OCH3 is 1. The van der Waals surface area contributed by atoms with Crippen LogP contribution in [0.2, 0.25) is 0 Å². The number of hydrogen-bond acceptors (Lipinski definition) is 5. The molecule has 0 bridgehead atoms. The van der Waals surface area contributed by atoms with Crippen LogP contribution in [0.3, 0.4) is 0 Å². The molecule has 0 amide bonds. The topological polar surface area (TPSA) is 73.6 Å². The first-order valence-corrected chi connectivity index (χ1v) is 7.95. The summed E-state index contributed by atoms with van der Waals surface area (Å²) >= 11 is 0. The van der Waals surface area contributed by atoms with Gasteiger partial charge in [-0.25, -0.2) is 9.48 Å². The number of nitrogens with zero attached hydrogens (tertiary/aromatic N) is 2. The SMILES string of the molecule is CCOC(=O)c1cnn(-c2ccc(OC)cc2)c1C(C)(C)CCO. The van der Waals surface area contributed by atoms with Crippen LogP contribution in [0, 0.1) is 0 Å². The summed E-state index contributed by atoms with van der Waals surface area (Å²) < 4.78 is 12.1. The minimum atomic E-state index is -0.451. The first kappa shape index (κ1) is 18.0. The van der Waals surface area contributed by atoms with Gasteiger partial charge in [0.05, 0.1) is 31.3 Å². The lowest BCUT2D eigenvalue weighted by Gasteiger charge is -2.26. The predicted octanol–water partition coefficient (Wildman–Crippen LogP) is 2.72. The van der Waals surface area contributed by atoms with E-state index >= 15 is 0 Å². The standard InChI is InChI=1S/C18H24N2O4/c1-5-24-17(22)15-12-19-20(16(15)18(2,3)10-11-21)13-6-8-14(23-4)9-7-13/h6-9,12,21H,5,10-11H2,1-4H3. The van der Waals surface area contributed by atoms with Crippen LogP contribution in [-0.4, -0.2) is 41.2 Å². The Kier molecular flexibility index (Phi) is 5.62. The van der Waals surface area contributed by atoms with Gasteiger partial charge in [-0.3, -0.25) is 0 Å². The fourth-order valence-corrected chi connectivity index (χ4v) is 2.68. The van der Waals surface area contributed by atoms with Gasteiger partial charge in [0.1, 0.15) is 11.3 Å². The molecule has 1 aromatic carbocycles. The molecule has 0 saturated heterocycles. The molecule has 0 aliphatic carbocycles. The van der Waals surface area contributed by atoms with Gasteiger partial charge in [-0.2, -0.15) is 5.10 Å². The number of aliphatic hydroxyl groups excluding tert-OH is 1. The molecule has 0 fully saturated rings. The maximum Gasteiger partial charge on any atom is 0.341 e. The summed E-state index contributed by atoms with van der Waals surface area (Å²) in [7, 11) is 1.61. The largest absolute Gasteiger partial charge is 0.497 e. The fraction of sp³-hybridized carbons (Fsp3) is 0.444. The maximum absolute atomic E-state index is 12.3. The number of hydrogen-bond donors (Lipinski definition) is 1. The van der Waals surface area contributed by atoms with Crippen LogP contribution in [0.15, 0.2) is 30.5 Å². The average Bonchev–Trinajstić information content (AvgIpc) is 3.01. The van der Waals surface area contributed by atoms with E-state index in [1.165, 1.54) is 6.20 Å². The van der Waals surface area contributed by atoms with E-state index in [1.54, 1.807) is 18.7 Å². The molecule has 0 aliphatic rings. The van der Waals surface area contributed by atoms with E-state index in [0.29, 0.717) is 18.6 Å². The van der Waals surface area contributed by atoms with Crippen molar-refractivity contribution in [2.45, 2.75) is 32.6 Å². The van der Waals surface area contributed by atoms with Crippen molar-refractivity contribution >= 4 is 5.97 Å². The number of carbonyl (C=O) groups excluding carboxylic acids is 1. The third-order valence-electron chi connectivity index (χ3n) is 3.96. The second kappa shape index (κ2) is 7.49. The third-order valence-corrected chi connectivity index (χ3v) is 3.96. The summed E-state index contributed by atoms with van der Waals surface area (Å²) in [5, 5.41) is 13.8. The number of aromatic nitrogens is 2. The van der Waals surface area contributed by atoms with Gasteiger partial charge in [0.25, 0.3) is 0 Å². The van der Waals surface area contributed by atoms with E-state index in [0.717, 1.165) is 17.1 Å². The second-order valence-electron chi connectivity index (χ2n) is 6.09. The normalized spacial score (nSPS) is 11.4. The quantitative estimate of drug-likeness (QED) is 0.789. The Bertz CT molecular complexity index is 690. The highest BCUT2D eigenvalue weighted by molar-refractivity contribution is 5.91. The number of benzene rings is 1. The molecule has 2 aromatic rings. The Hall–Kier alpha value is -2.34. The Balaban J connectivity index is 2.56. The van der Waals surface area contributed by atoms with Crippen molar-refractivity contribution in [2.75, 3.05) is 20.3 Å². The van der Waals surface area contributed by atoms with E-state index in [-0.39, 0.29) is 6.61 Å². The van der Waals surface area contributed by atoms with Gasteiger partial charge in [0.2, 0.25) is 0 Å². The zero-order valence-electron chi connectivity index (χ0n) is 14.6. The molecule has 0 aliphatic heterocycles. The molecule has 6 heteroatoms. The van der Waals surface area contributed by atoms with Gasteiger partial charge in [0.15, 0.2) is 0 Å². The molecule has 130 valence electrons. The predicted molar refractivity (Wildman–Crippen MR) is 90.8 cm³/mol. The van der Waals surface area contributed by atoms with Crippen molar-refractivity contribution in [3.8, 4) is 11.4 Å². The van der Waals surface area contributed by atoms with Gasteiger partial charge in [-0.1, -0.05) is 13.8 Å². The molecule has 6 nitrogen and oxygen atoms in total. The maximum atomic E-state index is 12.3. The van der Waals surface area contributed by atoms with Gasteiger partial charge < -0.3 is 14.6 Å². The highest BCUT2D eigenvalue weighted by Gasteiger charge is 2.32. The highest BCUT2D eigenvalue weighted by Crippen LogP contribution is 2.32. The molecular weight excluding hydrogens is 308 g/mol. The second-order valence-corrected chi connectivity index (χ2v) is 6.09. The van der Waals surface area contributed by atoms with Crippen molar-refractivity contribution in [1.29, 1.82) is 0 Å². The molecule has 24 heavy (non-hydrogen) atoms. The Morgan fingerprint density at radius 2 is 1.96 bits per heavy atom. The first-order chi connectivity index (χ1) is 11.4. The van der Waals surface area contributed by atoms with Crippen LogP contribution in [0.1, 0.15) is 43.2 Å². The fourth-order valence-electron chi connectivity index (χ4n) is 2.68. The van der Waals surface area contributed by atoms with E-state index in [2.05, 4.69) is 5.10 Å². The summed E-state index contributed by atoms with van der Waals surface area (Å²) in [6, 6.07) is 7.42. The Morgan fingerprint density at radius 1 is 1.29 bits per heavy atom. The van der Waals surface area contributed by atoms with E-state index in [9.17, 15) is 9.90 Å². The van der Waals surface area contributed by atoms with Crippen LogP contribution in [-0.2, 0) is 10.2 Å². The summed E-state index contributed by atoms with van der Waals surface area (Å²) in [5.41, 5.74) is 1.51. The lowest BCUT2D eigenvalue weighted by Crippen LogP contribution is -2.26. The zero-order valence-corrected chi connectivity index (χ0v) is 14.6. The lowest BCUT2D eigenvalue weighted by molar-refractivity contribution is 0.0522. The molecule has 0 unspecified atom stereocenters. The van der Waals surface area contributed by atoms with Crippen molar-refractivity contribution in [2.24, 2.45) is 0 Å². The zero-order chi connectivity index (χ0) is 17.7. The minimum Gasteiger partial charge on any atom is -0.497 e. The van der Waals surface area contributed by atoms with Crippen LogP contribution in [0.25, 0.3) is 5.69 Å². The molecule has 1 N–H and O–H groups in total. The van der Waals surface area contributed by atoms with Gasteiger partial charge >= 0.3 is 5.97 Å². The van der Waals surface area contributed by atoms with Crippen LogP contribution in [0.5, 0.6) is 5.75 Å². The van der Waals surface area contributed by atoms with Crippen molar-refractivity contribution in [3.63, 3.8) is 0 Å². The molecule has 0 spiro atoms. The number of aliphatic hydroxyl groups is 1. The van der Waals surface area contributed by atoms with E-state index in [1.807, 2.05) is 38.1 Å². The summed E-state index contributed by atoms with van der Waals surface area (Å²) in [4.78, 5) is 12.3. The van der Waals surface area contributed by atoms with Gasteiger partial charge in [-0.15, -0.1) is 0 Å². The van der Waals surface area contributed by atoms with Crippen LogP contribution < -0.4 is 4.74 Å². The third kappa shape index (κ3) is 3.59. The number of esters is 1. The van der Waals surface area contributed by atoms with E-state index < -0.39 is 11.4 Å². The highest BCUT2D eigenvalue weighted by atomic mass is 16.5. The first-order valence-electron chi connectivity index (χ1n) is 7.95. The molecule has 0 atom stereocenters. The van der Waals surface area contributed by atoms with Crippen LogP contribution in [0.4, 0.5) is 0 Å².